The fraction of sp³-hybridized carbons (Fsp3) is 0.308. The van der Waals surface area contributed by atoms with E-state index in [0.29, 0.717) is 11.3 Å². The van der Waals surface area contributed by atoms with Crippen LogP contribution in [0, 0.1) is 0 Å². The normalized spacial score (nSPS) is 19.4. The van der Waals surface area contributed by atoms with E-state index in [1.54, 1.807) is 24.3 Å². The van der Waals surface area contributed by atoms with Crippen molar-refractivity contribution < 1.29 is 14.4 Å². The molecule has 1 saturated heterocycles. The molecule has 0 aliphatic carbocycles. The number of carbonyl (C=O) groups is 3. The van der Waals surface area contributed by atoms with Gasteiger partial charge in [0.15, 0.2) is 5.78 Å². The smallest absolute Gasteiger partial charge is 0.247 e. The summed E-state index contributed by atoms with van der Waals surface area (Å²) < 4.78 is 0. The third kappa shape index (κ3) is 2.18. The standard InChI is InChI=1S/C13H13NO3S/c1-8(15)9-4-3-5-10(6-9)14-12(16)7-11(18-2)13(14)17/h3-6,11H,7H2,1-2H3. The molecule has 1 heterocycles. The molecule has 5 heteroatoms. The number of ketones is 1. The fourth-order valence-corrected chi connectivity index (χ4v) is 2.54. The lowest BCUT2D eigenvalue weighted by Gasteiger charge is -2.15. The fourth-order valence-electron chi connectivity index (χ4n) is 1.92. The van der Waals surface area contributed by atoms with E-state index in [0.717, 1.165) is 0 Å². The number of imide groups is 1. The van der Waals surface area contributed by atoms with Gasteiger partial charge in [0, 0.05) is 12.0 Å². The van der Waals surface area contributed by atoms with Crippen molar-refractivity contribution in [2.45, 2.75) is 18.6 Å². The molecular weight excluding hydrogens is 250 g/mol. The van der Waals surface area contributed by atoms with E-state index in [-0.39, 0.29) is 29.3 Å². The van der Waals surface area contributed by atoms with E-state index in [1.165, 1.54) is 23.6 Å². The maximum atomic E-state index is 12.0. The Labute approximate surface area is 109 Å². The van der Waals surface area contributed by atoms with Gasteiger partial charge in [0.2, 0.25) is 11.8 Å². The van der Waals surface area contributed by atoms with Crippen molar-refractivity contribution in [3.63, 3.8) is 0 Å². The van der Waals surface area contributed by atoms with Gasteiger partial charge in [0.1, 0.15) is 0 Å². The van der Waals surface area contributed by atoms with Crippen LogP contribution in [0.4, 0.5) is 5.69 Å². The lowest BCUT2D eigenvalue weighted by molar-refractivity contribution is -0.121. The van der Waals surface area contributed by atoms with Crippen LogP contribution in [0.5, 0.6) is 0 Å². The third-order valence-corrected chi connectivity index (χ3v) is 3.84. The first kappa shape index (κ1) is 12.8. The average molecular weight is 263 g/mol. The molecule has 2 amide bonds. The van der Waals surface area contributed by atoms with Crippen molar-refractivity contribution in [3.05, 3.63) is 29.8 Å². The third-order valence-electron chi connectivity index (χ3n) is 2.90. The van der Waals surface area contributed by atoms with Crippen LogP contribution in [-0.2, 0) is 9.59 Å². The SMILES string of the molecule is CSC1CC(=O)N(c2cccc(C(C)=O)c2)C1=O. The van der Waals surface area contributed by atoms with Gasteiger partial charge in [0.05, 0.1) is 10.9 Å². The molecule has 1 aromatic rings. The predicted molar refractivity (Wildman–Crippen MR) is 70.9 cm³/mol. The number of benzene rings is 1. The molecule has 94 valence electrons. The number of nitrogens with zero attached hydrogens (tertiary/aromatic N) is 1. The number of hydrogen-bond donors (Lipinski definition) is 0. The minimum absolute atomic E-state index is 0.0858. The molecule has 0 spiro atoms. The van der Waals surface area contributed by atoms with Gasteiger partial charge in [-0.05, 0) is 25.3 Å². The Bertz CT molecular complexity index is 527. The highest BCUT2D eigenvalue weighted by Crippen LogP contribution is 2.28. The highest BCUT2D eigenvalue weighted by molar-refractivity contribution is 8.00. The van der Waals surface area contributed by atoms with Crippen LogP contribution in [0.2, 0.25) is 0 Å². The number of amides is 2. The van der Waals surface area contributed by atoms with Crippen LogP contribution in [0.15, 0.2) is 24.3 Å². The Hall–Kier alpha value is -1.62. The molecule has 4 nitrogen and oxygen atoms in total. The monoisotopic (exact) mass is 263 g/mol. The molecule has 1 fully saturated rings. The van der Waals surface area contributed by atoms with Gasteiger partial charge in [0.25, 0.3) is 0 Å². The second kappa shape index (κ2) is 4.94. The van der Waals surface area contributed by atoms with Crippen molar-refractivity contribution in [3.8, 4) is 0 Å². The van der Waals surface area contributed by atoms with Crippen molar-refractivity contribution in [2.24, 2.45) is 0 Å². The van der Waals surface area contributed by atoms with Crippen molar-refractivity contribution in [1.82, 2.24) is 0 Å². The van der Waals surface area contributed by atoms with Gasteiger partial charge >= 0.3 is 0 Å². The Morgan fingerprint density at radius 3 is 2.67 bits per heavy atom. The average Bonchev–Trinajstić information content (AvgIpc) is 2.64. The molecule has 0 bridgehead atoms. The summed E-state index contributed by atoms with van der Waals surface area (Å²) in [6, 6.07) is 6.60. The zero-order chi connectivity index (χ0) is 13.3. The van der Waals surface area contributed by atoms with E-state index >= 15 is 0 Å². The number of anilines is 1. The first-order chi connectivity index (χ1) is 8.54. The van der Waals surface area contributed by atoms with Crippen molar-refractivity contribution in [2.75, 3.05) is 11.2 Å². The second-order valence-electron chi connectivity index (χ2n) is 4.10. The highest BCUT2D eigenvalue weighted by Gasteiger charge is 2.39. The molecule has 1 aliphatic heterocycles. The molecule has 0 radical (unpaired) electrons. The summed E-state index contributed by atoms with van der Waals surface area (Å²) in [6.45, 7) is 1.46. The molecule has 0 N–H and O–H groups in total. The molecule has 1 atom stereocenters. The van der Waals surface area contributed by atoms with Gasteiger partial charge < -0.3 is 0 Å². The zero-order valence-electron chi connectivity index (χ0n) is 10.2. The Balaban J connectivity index is 2.37. The first-order valence-electron chi connectivity index (χ1n) is 5.55. The summed E-state index contributed by atoms with van der Waals surface area (Å²) in [4.78, 5) is 36.3. The summed E-state index contributed by atoms with van der Waals surface area (Å²) >= 11 is 1.37. The van der Waals surface area contributed by atoms with E-state index in [1.807, 2.05) is 6.26 Å². The Morgan fingerprint density at radius 2 is 2.11 bits per heavy atom. The number of thioether (sulfide) groups is 1. The van der Waals surface area contributed by atoms with Gasteiger partial charge in [-0.25, -0.2) is 4.90 Å². The van der Waals surface area contributed by atoms with Crippen LogP contribution in [0.25, 0.3) is 0 Å². The van der Waals surface area contributed by atoms with Crippen LogP contribution in [0.1, 0.15) is 23.7 Å². The van der Waals surface area contributed by atoms with Gasteiger partial charge in [-0.2, -0.15) is 11.8 Å². The summed E-state index contributed by atoms with van der Waals surface area (Å²) in [5.74, 6) is -0.495. The Morgan fingerprint density at radius 1 is 1.39 bits per heavy atom. The van der Waals surface area contributed by atoms with E-state index in [9.17, 15) is 14.4 Å². The molecule has 0 saturated carbocycles. The molecule has 2 rings (SSSR count). The van der Waals surface area contributed by atoms with Gasteiger partial charge in [-0.3, -0.25) is 14.4 Å². The summed E-state index contributed by atoms with van der Waals surface area (Å²) in [6.07, 6.45) is 2.04. The summed E-state index contributed by atoms with van der Waals surface area (Å²) in [5.41, 5.74) is 0.981. The highest BCUT2D eigenvalue weighted by atomic mass is 32.2. The lowest BCUT2D eigenvalue weighted by atomic mass is 10.1. The topological polar surface area (TPSA) is 54.5 Å². The molecule has 18 heavy (non-hydrogen) atoms. The molecule has 0 aromatic heterocycles. The molecule has 1 aromatic carbocycles. The van der Waals surface area contributed by atoms with Gasteiger partial charge in [-0.1, -0.05) is 12.1 Å². The van der Waals surface area contributed by atoms with Gasteiger partial charge in [-0.15, -0.1) is 0 Å². The van der Waals surface area contributed by atoms with Crippen LogP contribution < -0.4 is 4.90 Å². The summed E-state index contributed by atoms with van der Waals surface area (Å²) in [7, 11) is 0. The molecular formula is C13H13NO3S. The van der Waals surface area contributed by atoms with E-state index < -0.39 is 0 Å². The molecule has 1 aliphatic rings. The van der Waals surface area contributed by atoms with Crippen LogP contribution in [0.3, 0.4) is 0 Å². The number of hydrogen-bond acceptors (Lipinski definition) is 4. The van der Waals surface area contributed by atoms with Crippen molar-refractivity contribution >= 4 is 35.0 Å². The molecule has 1 unspecified atom stereocenters. The van der Waals surface area contributed by atoms with Crippen LogP contribution >= 0.6 is 11.8 Å². The number of rotatable bonds is 3. The lowest BCUT2D eigenvalue weighted by Crippen LogP contribution is -2.31. The van der Waals surface area contributed by atoms with Crippen molar-refractivity contribution in [1.29, 1.82) is 0 Å². The van der Waals surface area contributed by atoms with Crippen LogP contribution in [-0.4, -0.2) is 29.1 Å². The Kier molecular flexibility index (Phi) is 3.52. The maximum absolute atomic E-state index is 12.0. The summed E-state index contributed by atoms with van der Waals surface area (Å²) in [5, 5.41) is -0.307. The number of carbonyl (C=O) groups excluding carboxylic acids is 3. The number of Topliss-reactive ketones (excluding diaryl/α,β-unsaturated/α-hetero) is 1. The quantitative estimate of drug-likeness (QED) is 0.617. The maximum Gasteiger partial charge on any atom is 0.247 e. The van der Waals surface area contributed by atoms with E-state index in [2.05, 4.69) is 0 Å². The minimum Gasteiger partial charge on any atom is -0.295 e. The predicted octanol–water partition coefficient (Wildman–Crippen LogP) is 1.88. The zero-order valence-corrected chi connectivity index (χ0v) is 11.0. The largest absolute Gasteiger partial charge is 0.295 e. The van der Waals surface area contributed by atoms with E-state index in [4.69, 9.17) is 0 Å². The minimum atomic E-state index is -0.307. The first-order valence-corrected chi connectivity index (χ1v) is 6.84. The second-order valence-corrected chi connectivity index (χ2v) is 5.14.